The molecule has 0 atom stereocenters. The first-order chi connectivity index (χ1) is 10.2. The van der Waals surface area contributed by atoms with Gasteiger partial charge >= 0.3 is 0 Å². The minimum Gasteiger partial charge on any atom is -0.496 e. The van der Waals surface area contributed by atoms with Crippen LogP contribution in [0.15, 0.2) is 18.2 Å². The van der Waals surface area contributed by atoms with Crippen LogP contribution in [0.3, 0.4) is 0 Å². The summed E-state index contributed by atoms with van der Waals surface area (Å²) in [5.41, 5.74) is 0.579. The number of rotatable bonds is 4. The third-order valence-electron chi connectivity index (χ3n) is 3.67. The molecule has 1 fully saturated rings. The molecule has 0 N–H and O–H groups in total. The van der Waals surface area contributed by atoms with Gasteiger partial charge in [0.25, 0.3) is 5.91 Å². The van der Waals surface area contributed by atoms with Gasteiger partial charge in [-0.15, -0.1) is 0 Å². The van der Waals surface area contributed by atoms with Crippen molar-refractivity contribution >= 4 is 33.4 Å². The molecule has 1 aromatic rings. The van der Waals surface area contributed by atoms with Crippen molar-refractivity contribution in [1.29, 1.82) is 0 Å². The lowest BCUT2D eigenvalue weighted by Crippen LogP contribution is -2.35. The number of carbonyl (C=O) groups excluding carboxylic acids is 1. The molecule has 6 heteroatoms. The fourth-order valence-electron chi connectivity index (χ4n) is 2.53. The van der Waals surface area contributed by atoms with Crippen LogP contribution in [0.5, 0.6) is 5.75 Å². The largest absolute Gasteiger partial charge is 0.496 e. The van der Waals surface area contributed by atoms with E-state index in [2.05, 4.69) is 20.8 Å². The van der Waals surface area contributed by atoms with Gasteiger partial charge in [0.15, 0.2) is 0 Å². The first-order valence-corrected chi connectivity index (χ1v) is 8.56. The second kappa shape index (κ2) is 8.01. The van der Waals surface area contributed by atoms with E-state index >= 15 is 0 Å². The summed E-state index contributed by atoms with van der Waals surface area (Å²) in [4.78, 5) is 17.0. The molecular formula is C15H20BrClN2O2. The number of ether oxygens (including phenoxy) is 1. The number of amides is 1. The van der Waals surface area contributed by atoms with Gasteiger partial charge < -0.3 is 14.5 Å². The zero-order valence-electron chi connectivity index (χ0n) is 12.1. The summed E-state index contributed by atoms with van der Waals surface area (Å²) >= 11 is 9.42. The fraction of sp³-hybridized carbons (Fsp3) is 0.533. The van der Waals surface area contributed by atoms with Crippen molar-refractivity contribution in [3.05, 3.63) is 28.8 Å². The van der Waals surface area contributed by atoms with Crippen molar-refractivity contribution < 1.29 is 9.53 Å². The van der Waals surface area contributed by atoms with Gasteiger partial charge in [0, 0.05) is 36.5 Å². The Labute approximate surface area is 139 Å². The van der Waals surface area contributed by atoms with Crippen molar-refractivity contribution in [2.24, 2.45) is 0 Å². The zero-order chi connectivity index (χ0) is 15.2. The number of hydrogen-bond acceptors (Lipinski definition) is 3. The highest BCUT2D eigenvalue weighted by Crippen LogP contribution is 2.24. The van der Waals surface area contributed by atoms with Crippen LogP contribution in [0.1, 0.15) is 16.8 Å². The molecule has 21 heavy (non-hydrogen) atoms. The van der Waals surface area contributed by atoms with E-state index in [1.165, 1.54) is 0 Å². The molecule has 4 nitrogen and oxygen atoms in total. The molecule has 1 amide bonds. The molecule has 1 aliphatic rings. The monoisotopic (exact) mass is 374 g/mol. The summed E-state index contributed by atoms with van der Waals surface area (Å²) in [5, 5.41) is 1.54. The van der Waals surface area contributed by atoms with Crippen LogP contribution >= 0.6 is 27.5 Å². The van der Waals surface area contributed by atoms with Crippen LogP contribution in [-0.4, -0.2) is 60.9 Å². The van der Waals surface area contributed by atoms with Crippen LogP contribution in [0.2, 0.25) is 5.02 Å². The highest BCUT2D eigenvalue weighted by Gasteiger charge is 2.22. The van der Waals surface area contributed by atoms with E-state index in [1.807, 2.05) is 4.90 Å². The van der Waals surface area contributed by atoms with Crippen molar-refractivity contribution in [2.75, 3.05) is 45.2 Å². The number of methoxy groups -OCH3 is 1. The summed E-state index contributed by atoms with van der Waals surface area (Å²) in [6, 6.07) is 5.15. The van der Waals surface area contributed by atoms with Crippen LogP contribution < -0.4 is 4.74 Å². The quantitative estimate of drug-likeness (QED) is 0.759. The molecule has 0 aromatic heterocycles. The standard InChI is InChI=1S/C15H20BrClN2O2/c1-21-14-11-12(17)3-4-13(14)15(20)19-7-2-6-18(8-5-16)9-10-19/h3-4,11H,2,5-10H2,1H3. The Bertz CT molecular complexity index is 499. The van der Waals surface area contributed by atoms with E-state index in [9.17, 15) is 4.79 Å². The highest BCUT2D eigenvalue weighted by atomic mass is 79.9. The van der Waals surface area contributed by atoms with Gasteiger partial charge in [-0.2, -0.15) is 0 Å². The molecule has 0 spiro atoms. The third kappa shape index (κ3) is 4.34. The Hall–Kier alpha value is -0.780. The Kier molecular flexibility index (Phi) is 6.33. The second-order valence-corrected chi connectivity index (χ2v) is 6.25. The van der Waals surface area contributed by atoms with Crippen molar-refractivity contribution in [3.8, 4) is 5.75 Å². The topological polar surface area (TPSA) is 32.8 Å². The van der Waals surface area contributed by atoms with Gasteiger partial charge in [0.1, 0.15) is 5.75 Å². The van der Waals surface area contributed by atoms with Crippen molar-refractivity contribution in [2.45, 2.75) is 6.42 Å². The number of alkyl halides is 1. The summed E-state index contributed by atoms with van der Waals surface area (Å²) in [5.74, 6) is 0.554. The predicted molar refractivity (Wildman–Crippen MR) is 88.8 cm³/mol. The lowest BCUT2D eigenvalue weighted by Gasteiger charge is -2.22. The normalized spacial score (nSPS) is 16.6. The number of benzene rings is 1. The molecule has 0 aliphatic carbocycles. The minimum absolute atomic E-state index is 0.0178. The number of carbonyl (C=O) groups is 1. The van der Waals surface area contributed by atoms with Gasteiger partial charge in [-0.25, -0.2) is 0 Å². The van der Waals surface area contributed by atoms with Crippen LogP contribution in [0, 0.1) is 0 Å². The summed E-state index contributed by atoms with van der Waals surface area (Å²) in [6.45, 7) is 4.49. The van der Waals surface area contributed by atoms with Gasteiger partial charge in [-0.3, -0.25) is 4.79 Å². The first kappa shape index (κ1) is 16.6. The van der Waals surface area contributed by atoms with Gasteiger partial charge in [-0.1, -0.05) is 27.5 Å². The predicted octanol–water partition coefficient (Wildman–Crippen LogP) is 2.89. The molecule has 0 unspecified atom stereocenters. The Morgan fingerprint density at radius 2 is 2.14 bits per heavy atom. The Balaban J connectivity index is 2.09. The van der Waals surface area contributed by atoms with E-state index in [0.29, 0.717) is 16.3 Å². The Morgan fingerprint density at radius 3 is 2.86 bits per heavy atom. The van der Waals surface area contributed by atoms with Crippen molar-refractivity contribution in [1.82, 2.24) is 9.80 Å². The number of hydrogen-bond donors (Lipinski definition) is 0. The average molecular weight is 376 g/mol. The van der Waals surface area contributed by atoms with E-state index in [0.717, 1.165) is 44.5 Å². The van der Waals surface area contributed by atoms with E-state index in [1.54, 1.807) is 25.3 Å². The smallest absolute Gasteiger partial charge is 0.257 e. The molecule has 0 radical (unpaired) electrons. The van der Waals surface area contributed by atoms with Gasteiger partial charge in [0.05, 0.1) is 12.7 Å². The maximum absolute atomic E-state index is 12.7. The van der Waals surface area contributed by atoms with Gasteiger partial charge in [-0.05, 0) is 31.2 Å². The van der Waals surface area contributed by atoms with Crippen molar-refractivity contribution in [3.63, 3.8) is 0 Å². The zero-order valence-corrected chi connectivity index (χ0v) is 14.5. The fourth-order valence-corrected chi connectivity index (χ4v) is 3.19. The highest BCUT2D eigenvalue weighted by molar-refractivity contribution is 9.09. The summed E-state index contributed by atoms with van der Waals surface area (Å²) < 4.78 is 5.28. The molecule has 1 heterocycles. The molecule has 1 saturated heterocycles. The van der Waals surface area contributed by atoms with Crippen LogP contribution in [0.25, 0.3) is 0 Å². The average Bonchev–Trinajstić information content (AvgIpc) is 2.72. The molecule has 0 saturated carbocycles. The minimum atomic E-state index is 0.0178. The molecule has 1 aliphatic heterocycles. The molecule has 0 bridgehead atoms. The lowest BCUT2D eigenvalue weighted by atomic mass is 10.1. The lowest BCUT2D eigenvalue weighted by molar-refractivity contribution is 0.0758. The van der Waals surface area contributed by atoms with Crippen LogP contribution in [-0.2, 0) is 0 Å². The summed E-state index contributed by atoms with van der Waals surface area (Å²) in [7, 11) is 1.56. The van der Waals surface area contributed by atoms with Gasteiger partial charge in [0.2, 0.25) is 0 Å². The first-order valence-electron chi connectivity index (χ1n) is 7.07. The van der Waals surface area contributed by atoms with E-state index < -0.39 is 0 Å². The van der Waals surface area contributed by atoms with E-state index in [-0.39, 0.29) is 5.91 Å². The second-order valence-electron chi connectivity index (χ2n) is 5.02. The number of nitrogens with zero attached hydrogens (tertiary/aromatic N) is 2. The molecule has 1 aromatic carbocycles. The molecular weight excluding hydrogens is 356 g/mol. The maximum Gasteiger partial charge on any atom is 0.257 e. The maximum atomic E-state index is 12.7. The van der Waals surface area contributed by atoms with E-state index in [4.69, 9.17) is 16.3 Å². The number of halogens is 2. The molecule has 2 rings (SSSR count). The summed E-state index contributed by atoms with van der Waals surface area (Å²) in [6.07, 6.45) is 0.995. The van der Waals surface area contributed by atoms with Crippen LogP contribution in [0.4, 0.5) is 0 Å². The third-order valence-corrected chi connectivity index (χ3v) is 4.26. The Morgan fingerprint density at radius 1 is 1.33 bits per heavy atom. The molecule has 116 valence electrons. The SMILES string of the molecule is COc1cc(Cl)ccc1C(=O)N1CCCN(CCBr)CC1.